The van der Waals surface area contributed by atoms with E-state index in [4.69, 9.17) is 9.47 Å². The smallest absolute Gasteiger partial charge is 0.168 e. The lowest BCUT2D eigenvalue weighted by Gasteiger charge is -2.25. The summed E-state index contributed by atoms with van der Waals surface area (Å²) in [5.41, 5.74) is 4.76. The first kappa shape index (κ1) is 33.9. The quantitative estimate of drug-likeness (QED) is 0.105. The van der Waals surface area contributed by atoms with Crippen molar-refractivity contribution in [1.29, 1.82) is 0 Å². The fourth-order valence-corrected chi connectivity index (χ4v) is 8.29. The van der Waals surface area contributed by atoms with Crippen LogP contribution < -0.4 is 10.1 Å². The minimum absolute atomic E-state index is 0.0237. The number of hydrogen-bond acceptors (Lipinski definition) is 10. The van der Waals surface area contributed by atoms with Crippen LogP contribution in [0.25, 0.3) is 21.9 Å². The van der Waals surface area contributed by atoms with E-state index in [0.717, 1.165) is 57.2 Å². The highest BCUT2D eigenvalue weighted by atomic mass is 33.1. The average molecular weight is 664 g/mol. The van der Waals surface area contributed by atoms with Gasteiger partial charge in [-0.25, -0.2) is 0 Å². The maximum Gasteiger partial charge on any atom is 0.168 e. The molecule has 1 aliphatic rings. The van der Waals surface area contributed by atoms with Crippen molar-refractivity contribution >= 4 is 38.1 Å². The summed E-state index contributed by atoms with van der Waals surface area (Å²) in [5.74, 6) is 2.27. The van der Waals surface area contributed by atoms with Crippen LogP contribution in [-0.2, 0) is 28.3 Å². The zero-order valence-electron chi connectivity index (χ0n) is 26.1. The maximum atomic E-state index is 13.5. The van der Waals surface area contributed by atoms with E-state index in [2.05, 4.69) is 5.32 Å². The largest absolute Gasteiger partial charge is 0.508 e. The van der Waals surface area contributed by atoms with Crippen LogP contribution in [0.5, 0.6) is 23.0 Å². The van der Waals surface area contributed by atoms with Gasteiger partial charge in [-0.3, -0.25) is 10.1 Å². The molecular formula is C36H41NO7S2. The number of phenols is 3. The molecule has 0 saturated carbocycles. The number of fused-ring (bicyclic) bond motifs is 5. The van der Waals surface area contributed by atoms with Crippen LogP contribution in [0, 0.1) is 0 Å². The second kappa shape index (κ2) is 15.9. The van der Waals surface area contributed by atoms with Gasteiger partial charge in [-0.1, -0.05) is 58.3 Å². The minimum Gasteiger partial charge on any atom is -0.508 e. The highest BCUT2D eigenvalue weighted by Crippen LogP contribution is 2.45. The Labute approximate surface area is 277 Å². The van der Waals surface area contributed by atoms with Gasteiger partial charge in [-0.2, -0.15) is 0 Å². The Kier molecular flexibility index (Phi) is 11.8. The van der Waals surface area contributed by atoms with Gasteiger partial charge in [-0.05, 0) is 89.7 Å². The van der Waals surface area contributed by atoms with E-state index in [0.29, 0.717) is 29.9 Å². The predicted molar refractivity (Wildman–Crippen MR) is 186 cm³/mol. The van der Waals surface area contributed by atoms with Gasteiger partial charge in [0, 0.05) is 35.5 Å². The maximum absolute atomic E-state index is 13.5. The molecule has 0 aromatic heterocycles. The van der Waals surface area contributed by atoms with Crippen LogP contribution in [0.3, 0.4) is 0 Å². The molecule has 5 N–H and O–H groups in total. The number of ether oxygens (including phenoxy) is 2. The van der Waals surface area contributed by atoms with E-state index in [1.807, 2.05) is 24.3 Å². The summed E-state index contributed by atoms with van der Waals surface area (Å²) >= 11 is 0. The number of ketones is 1. The topological polar surface area (TPSA) is 128 Å². The first-order chi connectivity index (χ1) is 22.3. The Morgan fingerprint density at radius 2 is 1.76 bits per heavy atom. The molecule has 4 aromatic carbocycles. The van der Waals surface area contributed by atoms with Crippen molar-refractivity contribution in [3.8, 4) is 34.1 Å². The zero-order chi connectivity index (χ0) is 32.6. The van der Waals surface area contributed by atoms with E-state index in [1.165, 1.54) is 7.11 Å². The molecule has 2 atom stereocenters. The Morgan fingerprint density at radius 3 is 2.54 bits per heavy atom. The fourth-order valence-electron chi connectivity index (χ4n) is 6.02. The number of methoxy groups -OCH3 is 1. The summed E-state index contributed by atoms with van der Waals surface area (Å²) in [6.45, 7) is -0.291. The average Bonchev–Trinajstić information content (AvgIpc) is 3.05. The second-order valence-corrected chi connectivity index (χ2v) is 14.0. The summed E-state index contributed by atoms with van der Waals surface area (Å²) in [5, 5.41) is 46.0. The molecule has 46 heavy (non-hydrogen) atoms. The zero-order valence-corrected chi connectivity index (χ0v) is 27.8. The molecule has 1 heterocycles. The summed E-state index contributed by atoms with van der Waals surface area (Å²) in [7, 11) is 6.86. The lowest BCUT2D eigenvalue weighted by atomic mass is 9.89. The number of Topliss-reactive ketones (excluding diaryl/α,β-unsaturated/α-hetero) is 1. The Hall–Kier alpha value is -3.41. The molecule has 8 nitrogen and oxygen atoms in total. The van der Waals surface area contributed by atoms with Crippen LogP contribution in [0.1, 0.15) is 60.6 Å². The van der Waals surface area contributed by atoms with Gasteiger partial charge in [0.1, 0.15) is 23.5 Å². The van der Waals surface area contributed by atoms with Crippen LogP contribution >= 0.6 is 21.6 Å². The third-order valence-electron chi connectivity index (χ3n) is 8.40. The number of nitrogens with one attached hydrogen (secondary N) is 1. The van der Waals surface area contributed by atoms with Gasteiger partial charge >= 0.3 is 0 Å². The van der Waals surface area contributed by atoms with E-state index < -0.39 is 6.23 Å². The van der Waals surface area contributed by atoms with Crippen molar-refractivity contribution in [2.24, 2.45) is 0 Å². The lowest BCUT2D eigenvalue weighted by Crippen LogP contribution is -2.27. The number of carbonyl (C=O) groups is 1. The van der Waals surface area contributed by atoms with Gasteiger partial charge < -0.3 is 29.9 Å². The van der Waals surface area contributed by atoms with Crippen molar-refractivity contribution in [2.75, 3.05) is 19.9 Å². The highest BCUT2D eigenvalue weighted by molar-refractivity contribution is 8.76. The number of benzene rings is 4. The van der Waals surface area contributed by atoms with Crippen molar-refractivity contribution in [3.05, 3.63) is 82.9 Å². The van der Waals surface area contributed by atoms with E-state index in [1.54, 1.807) is 65.0 Å². The SMILES string of the molecule is CN[C@H](O[C@H]1CCCCSSCc2c(ccc3ccc(O)cc23)-c2c(ccc(O)c2OC)CCC(=O)C1)c1ccc(O)c(CO)c1. The standard InChI is InChI=1S/C36H41NO7S2/c1-37-36(24-10-14-32(41)25(17-24)20-38)44-28-5-3-4-16-45-46-21-31-29(13-8-22-6-11-27(40)19-30(22)31)34-23(7-12-26(39)18-28)9-15-33(42)35(34)43-2/h6,8-11,13-15,17,19,28,36-38,40-42H,3-5,7,12,16,18,20-21H2,1-2H3/t28-,36+/m0/s1. The Balaban J connectivity index is 1.47. The van der Waals surface area contributed by atoms with E-state index >= 15 is 0 Å². The molecule has 5 rings (SSSR count). The highest BCUT2D eigenvalue weighted by Gasteiger charge is 2.24. The number of aliphatic hydroxyl groups is 1. The molecule has 0 bridgehead atoms. The van der Waals surface area contributed by atoms with Gasteiger partial charge in [0.2, 0.25) is 0 Å². The van der Waals surface area contributed by atoms with E-state index in [9.17, 15) is 25.2 Å². The molecule has 0 spiro atoms. The molecule has 0 aliphatic carbocycles. The molecule has 1 aliphatic heterocycles. The number of phenolic OH excluding ortho intramolecular Hbond substituents is 2. The van der Waals surface area contributed by atoms with Crippen LogP contribution in [0.15, 0.2) is 60.7 Å². The van der Waals surface area contributed by atoms with Crippen LogP contribution in [0.4, 0.5) is 0 Å². The van der Waals surface area contributed by atoms with Crippen molar-refractivity contribution in [2.45, 2.75) is 63.2 Å². The van der Waals surface area contributed by atoms with Gasteiger partial charge in [-0.15, -0.1) is 0 Å². The normalized spacial score (nSPS) is 17.3. The molecular weight excluding hydrogens is 623 g/mol. The van der Waals surface area contributed by atoms with Gasteiger partial charge in [0.25, 0.3) is 0 Å². The number of aryl methyl sites for hydroxylation is 1. The van der Waals surface area contributed by atoms with Crippen molar-refractivity contribution in [3.63, 3.8) is 0 Å². The monoisotopic (exact) mass is 663 g/mol. The van der Waals surface area contributed by atoms with E-state index in [-0.39, 0.29) is 48.6 Å². The van der Waals surface area contributed by atoms with Gasteiger partial charge in [0.05, 0.1) is 19.8 Å². The summed E-state index contributed by atoms with van der Waals surface area (Å²) < 4.78 is 12.2. The third kappa shape index (κ3) is 7.93. The number of rotatable bonds is 6. The first-order valence-corrected chi connectivity index (χ1v) is 18.0. The summed E-state index contributed by atoms with van der Waals surface area (Å²) in [6, 6.07) is 17.9. The number of carbonyl (C=O) groups excluding carboxylic acids is 1. The second-order valence-electron chi connectivity index (χ2n) is 11.4. The Morgan fingerprint density at radius 1 is 0.957 bits per heavy atom. The summed E-state index contributed by atoms with van der Waals surface area (Å²) in [6.07, 6.45) is 2.70. The number of aromatic hydroxyl groups is 3. The van der Waals surface area contributed by atoms with Gasteiger partial charge in [0.15, 0.2) is 11.5 Å². The molecule has 10 heteroatoms. The molecule has 244 valence electrons. The fraction of sp³-hybridized carbons (Fsp3) is 0.361. The molecule has 0 radical (unpaired) electrons. The lowest BCUT2D eigenvalue weighted by molar-refractivity contribution is -0.124. The number of aliphatic hydroxyl groups excluding tert-OH is 1. The molecule has 0 fully saturated rings. The van der Waals surface area contributed by atoms with Crippen LogP contribution in [0.2, 0.25) is 0 Å². The molecule has 0 amide bonds. The minimum atomic E-state index is -0.516. The summed E-state index contributed by atoms with van der Waals surface area (Å²) in [4.78, 5) is 13.5. The Bertz CT molecular complexity index is 1680. The molecule has 0 saturated heterocycles. The predicted octanol–water partition coefficient (Wildman–Crippen LogP) is 7.39. The number of hydrogen-bond donors (Lipinski definition) is 5. The molecule has 4 aromatic rings. The van der Waals surface area contributed by atoms with Crippen molar-refractivity contribution < 1.29 is 34.7 Å². The third-order valence-corrected chi connectivity index (χ3v) is 10.8. The molecule has 0 unspecified atom stereocenters. The van der Waals surface area contributed by atoms with Crippen LogP contribution in [-0.4, -0.2) is 52.2 Å². The first-order valence-electron chi connectivity index (χ1n) is 15.5. The van der Waals surface area contributed by atoms with Crippen molar-refractivity contribution in [1.82, 2.24) is 5.32 Å².